The Labute approximate surface area is 167 Å². The lowest BCUT2D eigenvalue weighted by atomic mass is 10.1. The van der Waals surface area contributed by atoms with Gasteiger partial charge in [-0.1, -0.05) is 18.2 Å². The summed E-state index contributed by atoms with van der Waals surface area (Å²) >= 11 is 0. The molecule has 2 rings (SSSR count). The summed E-state index contributed by atoms with van der Waals surface area (Å²) < 4.78 is 15.9. The molecule has 1 aromatic carbocycles. The molecule has 1 aliphatic rings. The van der Waals surface area contributed by atoms with Gasteiger partial charge in [0.2, 0.25) is 0 Å². The molecule has 1 fully saturated rings. The smallest absolute Gasteiger partial charge is 0.324 e. The van der Waals surface area contributed by atoms with Gasteiger partial charge in [-0.3, -0.25) is 19.8 Å². The summed E-state index contributed by atoms with van der Waals surface area (Å²) in [4.78, 5) is 26.9. The van der Waals surface area contributed by atoms with Crippen molar-refractivity contribution < 1.29 is 23.8 Å². The van der Waals surface area contributed by atoms with Gasteiger partial charge in [0.05, 0.1) is 14.2 Å². The molecule has 0 aromatic heterocycles. The molecule has 1 aromatic rings. The molecule has 0 saturated carbocycles. The summed E-state index contributed by atoms with van der Waals surface area (Å²) in [5.74, 6) is 0.162. The number of likely N-dealkylation sites (tertiary alicyclic amines) is 1. The molecule has 0 bridgehead atoms. The fraction of sp³-hybridized carbons (Fsp3) is 0.619. The number of hydrogen-bond donors (Lipinski definition) is 1. The highest BCUT2D eigenvalue weighted by molar-refractivity contribution is 5.78. The van der Waals surface area contributed by atoms with Gasteiger partial charge in [-0.25, -0.2) is 0 Å². The first-order valence-electron chi connectivity index (χ1n) is 9.65. The predicted molar refractivity (Wildman–Crippen MR) is 106 cm³/mol. The number of carbonyl (C=O) groups is 2. The first kappa shape index (κ1) is 22.2. The first-order valence-corrected chi connectivity index (χ1v) is 9.65. The number of methoxy groups -OCH3 is 2. The van der Waals surface area contributed by atoms with E-state index in [1.807, 2.05) is 49.9 Å². The van der Waals surface area contributed by atoms with Gasteiger partial charge in [0, 0.05) is 18.7 Å². The molecule has 0 spiro atoms. The monoisotopic (exact) mass is 392 g/mol. The second-order valence-electron chi connectivity index (χ2n) is 7.95. The van der Waals surface area contributed by atoms with Gasteiger partial charge < -0.3 is 14.2 Å². The molecular formula is C21H32N2O5. The Balaban J connectivity index is 2.04. The lowest BCUT2D eigenvalue weighted by Crippen LogP contribution is -2.50. The Morgan fingerprint density at radius 2 is 1.96 bits per heavy atom. The molecule has 1 heterocycles. The molecule has 1 aliphatic heterocycles. The highest BCUT2D eigenvalue weighted by Crippen LogP contribution is 2.22. The summed E-state index contributed by atoms with van der Waals surface area (Å²) in [6.45, 7) is 7.15. The molecule has 7 heteroatoms. The van der Waals surface area contributed by atoms with Crippen LogP contribution in [0.5, 0.6) is 5.75 Å². The normalized spacial score (nSPS) is 18.5. The average molecular weight is 392 g/mol. The van der Waals surface area contributed by atoms with Gasteiger partial charge in [0.25, 0.3) is 0 Å². The fourth-order valence-corrected chi connectivity index (χ4v) is 3.36. The van der Waals surface area contributed by atoms with Crippen LogP contribution in [-0.4, -0.2) is 61.8 Å². The van der Waals surface area contributed by atoms with Gasteiger partial charge in [0.1, 0.15) is 23.4 Å². The van der Waals surface area contributed by atoms with Crippen molar-refractivity contribution in [1.82, 2.24) is 10.2 Å². The van der Waals surface area contributed by atoms with Crippen LogP contribution in [0.4, 0.5) is 0 Å². The highest BCUT2D eigenvalue weighted by Gasteiger charge is 2.36. The zero-order chi connectivity index (χ0) is 20.7. The van der Waals surface area contributed by atoms with Crippen molar-refractivity contribution in [2.75, 3.05) is 27.3 Å². The van der Waals surface area contributed by atoms with Crippen molar-refractivity contribution in [3.05, 3.63) is 29.8 Å². The fourth-order valence-electron chi connectivity index (χ4n) is 3.36. The van der Waals surface area contributed by atoms with Gasteiger partial charge >= 0.3 is 11.9 Å². The topological polar surface area (TPSA) is 77.1 Å². The number of carbonyl (C=O) groups excluding carboxylic acids is 2. The van der Waals surface area contributed by atoms with Crippen LogP contribution in [0.3, 0.4) is 0 Å². The minimum atomic E-state index is -0.557. The second-order valence-corrected chi connectivity index (χ2v) is 7.95. The van der Waals surface area contributed by atoms with Crippen molar-refractivity contribution in [3.63, 3.8) is 0 Å². The maximum Gasteiger partial charge on any atom is 0.324 e. The summed E-state index contributed by atoms with van der Waals surface area (Å²) in [6, 6.07) is 6.75. The average Bonchev–Trinajstić information content (AvgIpc) is 3.11. The zero-order valence-electron chi connectivity index (χ0n) is 17.5. The van der Waals surface area contributed by atoms with Crippen LogP contribution in [0.15, 0.2) is 24.3 Å². The molecule has 0 amide bonds. The van der Waals surface area contributed by atoms with Crippen molar-refractivity contribution in [2.24, 2.45) is 0 Å². The summed E-state index contributed by atoms with van der Waals surface area (Å²) in [5, 5.41) is 3.25. The van der Waals surface area contributed by atoms with Crippen molar-refractivity contribution in [2.45, 2.75) is 57.8 Å². The van der Waals surface area contributed by atoms with Gasteiger partial charge in [0.15, 0.2) is 0 Å². The van der Waals surface area contributed by atoms with E-state index >= 15 is 0 Å². The van der Waals surface area contributed by atoms with E-state index in [1.54, 1.807) is 7.11 Å². The number of hydrogen-bond acceptors (Lipinski definition) is 7. The Bertz CT molecular complexity index is 671. The van der Waals surface area contributed by atoms with Gasteiger partial charge in [-0.05, 0) is 46.2 Å². The molecule has 28 heavy (non-hydrogen) atoms. The standard InChI is InChI=1S/C21H32N2O5/c1-21(2,3)28-20(25)17-10-8-12-23(17)14-16(19(24)27-5)22-13-15-9-6-7-11-18(15)26-4/h6-7,9,11,16-17,22H,8,10,12-14H2,1-5H3/t16-,17-/m0/s1. The number of para-hydroxylation sites is 1. The predicted octanol–water partition coefficient (Wildman–Crippen LogP) is 2.13. The Morgan fingerprint density at radius 3 is 2.61 bits per heavy atom. The maximum absolute atomic E-state index is 12.5. The maximum atomic E-state index is 12.5. The SMILES string of the molecule is COC(=O)[C@H](CN1CCC[C@H]1C(=O)OC(C)(C)C)NCc1ccccc1OC. The number of rotatable bonds is 8. The quantitative estimate of drug-likeness (QED) is 0.679. The highest BCUT2D eigenvalue weighted by atomic mass is 16.6. The summed E-state index contributed by atoms with van der Waals surface area (Å²) in [5.41, 5.74) is 0.416. The van der Waals surface area contributed by atoms with E-state index in [4.69, 9.17) is 14.2 Å². The van der Waals surface area contributed by atoms with Crippen LogP contribution in [0, 0.1) is 0 Å². The third kappa shape index (κ3) is 6.21. The number of benzene rings is 1. The molecule has 7 nitrogen and oxygen atoms in total. The molecule has 1 saturated heterocycles. The lowest BCUT2D eigenvalue weighted by molar-refractivity contribution is -0.161. The molecule has 0 radical (unpaired) electrons. The third-order valence-electron chi connectivity index (χ3n) is 4.68. The molecule has 0 unspecified atom stereocenters. The second kappa shape index (κ2) is 9.89. The Kier molecular flexibility index (Phi) is 7.83. The van der Waals surface area contributed by atoms with Crippen LogP contribution < -0.4 is 10.1 Å². The molecule has 0 aliphatic carbocycles. The van der Waals surface area contributed by atoms with E-state index < -0.39 is 11.6 Å². The minimum Gasteiger partial charge on any atom is -0.496 e. The van der Waals surface area contributed by atoms with Crippen LogP contribution in [0.25, 0.3) is 0 Å². The van der Waals surface area contributed by atoms with E-state index in [-0.39, 0.29) is 18.0 Å². The molecule has 2 atom stereocenters. The lowest BCUT2D eigenvalue weighted by Gasteiger charge is -2.29. The number of nitrogens with one attached hydrogen (secondary N) is 1. The minimum absolute atomic E-state index is 0.238. The van der Waals surface area contributed by atoms with Crippen LogP contribution in [0.2, 0.25) is 0 Å². The van der Waals surface area contributed by atoms with E-state index in [2.05, 4.69) is 5.32 Å². The summed E-state index contributed by atoms with van der Waals surface area (Å²) in [7, 11) is 2.99. The van der Waals surface area contributed by atoms with Crippen molar-refractivity contribution >= 4 is 11.9 Å². The van der Waals surface area contributed by atoms with Crippen LogP contribution in [0.1, 0.15) is 39.2 Å². The largest absolute Gasteiger partial charge is 0.496 e. The van der Waals surface area contributed by atoms with Gasteiger partial charge in [-0.15, -0.1) is 0 Å². The van der Waals surface area contributed by atoms with Crippen molar-refractivity contribution in [3.8, 4) is 5.75 Å². The zero-order valence-corrected chi connectivity index (χ0v) is 17.5. The number of esters is 2. The number of nitrogens with zero attached hydrogens (tertiary/aromatic N) is 1. The molecule has 1 N–H and O–H groups in total. The Morgan fingerprint density at radius 1 is 1.25 bits per heavy atom. The van der Waals surface area contributed by atoms with Crippen LogP contribution in [-0.2, 0) is 25.6 Å². The molecular weight excluding hydrogens is 360 g/mol. The summed E-state index contributed by atoms with van der Waals surface area (Å²) in [6.07, 6.45) is 1.62. The first-order chi connectivity index (χ1) is 13.2. The van der Waals surface area contributed by atoms with E-state index in [9.17, 15) is 9.59 Å². The van der Waals surface area contributed by atoms with Crippen molar-refractivity contribution in [1.29, 1.82) is 0 Å². The third-order valence-corrected chi connectivity index (χ3v) is 4.68. The van der Waals surface area contributed by atoms with Crippen LogP contribution >= 0.6 is 0 Å². The van der Waals surface area contributed by atoms with E-state index in [1.165, 1.54) is 7.11 Å². The molecule has 156 valence electrons. The van der Waals surface area contributed by atoms with E-state index in [0.717, 1.165) is 30.7 Å². The number of ether oxygens (including phenoxy) is 3. The van der Waals surface area contributed by atoms with Gasteiger partial charge in [-0.2, -0.15) is 0 Å². The Hall–Kier alpha value is -2.12. The van der Waals surface area contributed by atoms with E-state index in [0.29, 0.717) is 13.1 Å².